The van der Waals surface area contributed by atoms with Crippen molar-refractivity contribution >= 4 is 29.2 Å². The van der Waals surface area contributed by atoms with Crippen LogP contribution in [0.3, 0.4) is 0 Å². The van der Waals surface area contributed by atoms with Crippen LogP contribution in [-0.4, -0.2) is 21.9 Å². The molecule has 0 fully saturated rings. The highest BCUT2D eigenvalue weighted by Crippen LogP contribution is 2.56. The maximum absolute atomic E-state index is 11.5. The van der Waals surface area contributed by atoms with Gasteiger partial charge in [0.15, 0.2) is 0 Å². The van der Waals surface area contributed by atoms with E-state index in [-0.39, 0.29) is 22.1 Å². The molecule has 1 atom stereocenters. The molecule has 0 saturated carbocycles. The van der Waals surface area contributed by atoms with Crippen LogP contribution in [-0.2, 0) is 11.2 Å². The molecule has 31 heavy (non-hydrogen) atoms. The van der Waals surface area contributed by atoms with Gasteiger partial charge in [-0.05, 0) is 56.7 Å². The van der Waals surface area contributed by atoms with E-state index in [9.17, 15) is 10.1 Å². The number of nitro groups is 1. The fourth-order valence-corrected chi connectivity index (χ4v) is 5.55. The number of anilines is 1. The average molecular weight is 439 g/mol. The third-order valence-electron chi connectivity index (χ3n) is 6.32. The van der Waals surface area contributed by atoms with Crippen molar-refractivity contribution in [3.05, 3.63) is 69.3 Å². The molecule has 0 aliphatic carbocycles. The Morgan fingerprint density at radius 3 is 2.52 bits per heavy atom. The van der Waals surface area contributed by atoms with Crippen molar-refractivity contribution in [3.8, 4) is 5.75 Å². The van der Waals surface area contributed by atoms with E-state index >= 15 is 0 Å². The van der Waals surface area contributed by atoms with Crippen molar-refractivity contribution in [2.75, 3.05) is 4.90 Å². The Hall–Kier alpha value is -2.47. The first kappa shape index (κ1) is 21.8. The summed E-state index contributed by atoms with van der Waals surface area (Å²) in [4.78, 5) is 13.6. The zero-order valence-electron chi connectivity index (χ0n) is 19.0. The lowest BCUT2D eigenvalue weighted by molar-refractivity contribution is -0.385. The first-order chi connectivity index (χ1) is 14.6. The largest absolute Gasteiger partial charge is 0.462 e. The summed E-state index contributed by atoms with van der Waals surface area (Å²) in [5.74, 6) is 1.42. The molecule has 6 heteroatoms. The highest BCUT2D eigenvalue weighted by atomic mass is 32.2. The predicted octanol–water partition coefficient (Wildman–Crippen LogP) is 6.54. The van der Waals surface area contributed by atoms with Gasteiger partial charge in [0.05, 0.1) is 10.3 Å². The highest BCUT2D eigenvalue weighted by molar-refractivity contribution is 7.99. The summed E-state index contributed by atoms with van der Waals surface area (Å²) >= 11 is 1.76. The molecule has 164 valence electrons. The van der Waals surface area contributed by atoms with Gasteiger partial charge in [0, 0.05) is 40.7 Å². The number of non-ortho nitro benzene ring substituents is 1. The maximum atomic E-state index is 11.5. The Balaban J connectivity index is 1.89. The van der Waals surface area contributed by atoms with E-state index in [0.29, 0.717) is 11.0 Å². The van der Waals surface area contributed by atoms with Crippen LogP contribution in [0.2, 0.25) is 0 Å². The number of nitrogens with zero attached hydrogens (tertiary/aromatic N) is 2. The van der Waals surface area contributed by atoms with E-state index < -0.39 is 5.72 Å². The number of hydrogen-bond acceptors (Lipinski definition) is 5. The van der Waals surface area contributed by atoms with E-state index in [1.165, 1.54) is 11.3 Å². The van der Waals surface area contributed by atoms with Gasteiger partial charge in [-0.25, -0.2) is 0 Å². The highest BCUT2D eigenvalue weighted by Gasteiger charge is 2.59. The lowest BCUT2D eigenvalue weighted by atomic mass is 9.76. The summed E-state index contributed by atoms with van der Waals surface area (Å²) in [6.45, 7) is 13.1. The minimum atomic E-state index is -0.703. The molecule has 0 N–H and O–H groups in total. The van der Waals surface area contributed by atoms with Crippen LogP contribution in [0.5, 0.6) is 5.75 Å². The molecule has 2 aliphatic rings. The molecule has 1 spiro atoms. The molecule has 1 unspecified atom stereocenters. The van der Waals surface area contributed by atoms with Crippen LogP contribution < -0.4 is 9.64 Å². The minimum Gasteiger partial charge on any atom is -0.462 e. The molecule has 2 aromatic carbocycles. The van der Waals surface area contributed by atoms with Gasteiger partial charge in [0.2, 0.25) is 5.72 Å². The van der Waals surface area contributed by atoms with Crippen LogP contribution in [0.15, 0.2) is 42.5 Å². The van der Waals surface area contributed by atoms with Gasteiger partial charge in [-0.1, -0.05) is 32.0 Å². The Bertz CT molecular complexity index is 1060. The predicted molar refractivity (Wildman–Crippen MR) is 129 cm³/mol. The molecule has 2 heterocycles. The van der Waals surface area contributed by atoms with E-state index in [0.717, 1.165) is 16.9 Å². The van der Waals surface area contributed by atoms with Crippen LogP contribution in [0.4, 0.5) is 11.4 Å². The minimum absolute atomic E-state index is 0.108. The number of benzene rings is 2. The van der Waals surface area contributed by atoms with Gasteiger partial charge in [0.25, 0.3) is 5.69 Å². The van der Waals surface area contributed by atoms with Gasteiger partial charge < -0.3 is 9.64 Å². The molecule has 4 rings (SSSR count). The summed E-state index contributed by atoms with van der Waals surface area (Å²) in [7, 11) is 0. The second-order valence-corrected chi connectivity index (χ2v) is 10.9. The molecule has 2 aliphatic heterocycles. The molecule has 0 aromatic heterocycles. The Labute approximate surface area is 188 Å². The lowest BCUT2D eigenvalue weighted by Crippen LogP contribution is -2.61. The van der Waals surface area contributed by atoms with E-state index in [1.807, 2.05) is 6.08 Å². The summed E-state index contributed by atoms with van der Waals surface area (Å²) in [5, 5.41) is 12.0. The van der Waals surface area contributed by atoms with Crippen LogP contribution in [0, 0.1) is 10.1 Å². The number of para-hydroxylation sites is 1. The fraction of sp³-hybridized carbons (Fsp3) is 0.440. The van der Waals surface area contributed by atoms with Gasteiger partial charge in [-0.2, -0.15) is 11.8 Å². The van der Waals surface area contributed by atoms with Crippen molar-refractivity contribution < 1.29 is 9.66 Å². The standard InChI is InChI=1S/C25H30N2O3S/c1-16(2)26-22-10-8-7-9-21(22)24(5,6)25(26)12-11-18-13-20(27(28)29)14-19(23(18)30-25)15-31-17(3)4/h7-14,16-17H,15H2,1-6H3. The summed E-state index contributed by atoms with van der Waals surface area (Å²) in [6, 6.07) is 12.0. The number of ether oxygens (including phenoxy) is 1. The van der Waals surface area contributed by atoms with Crippen LogP contribution in [0.25, 0.3) is 6.08 Å². The first-order valence-corrected chi connectivity index (χ1v) is 11.8. The third kappa shape index (κ3) is 3.32. The number of thioether (sulfide) groups is 1. The molecule has 0 amide bonds. The Kier molecular flexibility index (Phi) is 5.32. The monoisotopic (exact) mass is 438 g/mol. The number of fused-ring (bicyclic) bond motifs is 2. The molecule has 0 bridgehead atoms. The second-order valence-electron chi connectivity index (χ2n) is 9.38. The molecule has 0 saturated heterocycles. The van der Waals surface area contributed by atoms with E-state index in [1.54, 1.807) is 23.9 Å². The average Bonchev–Trinajstić information content (AvgIpc) is 2.89. The van der Waals surface area contributed by atoms with Crippen LogP contribution in [0.1, 0.15) is 58.2 Å². The zero-order valence-corrected chi connectivity index (χ0v) is 19.8. The van der Waals surface area contributed by atoms with Crippen molar-refractivity contribution in [3.63, 3.8) is 0 Å². The molecule has 2 aromatic rings. The van der Waals surface area contributed by atoms with Crippen molar-refractivity contribution in [2.24, 2.45) is 0 Å². The van der Waals surface area contributed by atoms with Crippen molar-refractivity contribution in [2.45, 2.75) is 69.7 Å². The number of rotatable bonds is 5. The Morgan fingerprint density at radius 1 is 1.16 bits per heavy atom. The molecule has 0 radical (unpaired) electrons. The fourth-order valence-electron chi connectivity index (χ4n) is 4.82. The third-order valence-corrected chi connectivity index (χ3v) is 7.46. The van der Waals surface area contributed by atoms with Crippen molar-refractivity contribution in [1.29, 1.82) is 0 Å². The lowest BCUT2D eigenvalue weighted by Gasteiger charge is -2.49. The smallest absolute Gasteiger partial charge is 0.270 e. The summed E-state index contributed by atoms with van der Waals surface area (Å²) in [6.07, 6.45) is 4.11. The van der Waals surface area contributed by atoms with E-state index in [4.69, 9.17) is 4.74 Å². The number of hydrogen-bond donors (Lipinski definition) is 0. The normalized spacial score (nSPS) is 20.8. The van der Waals surface area contributed by atoms with Crippen molar-refractivity contribution in [1.82, 2.24) is 0 Å². The summed E-state index contributed by atoms with van der Waals surface area (Å²) in [5.41, 5.74) is 3.17. The zero-order chi connectivity index (χ0) is 22.6. The van der Waals surface area contributed by atoms with E-state index in [2.05, 4.69) is 76.8 Å². The van der Waals surface area contributed by atoms with Gasteiger partial charge in [-0.3, -0.25) is 10.1 Å². The Morgan fingerprint density at radius 2 is 1.87 bits per heavy atom. The van der Waals surface area contributed by atoms with Crippen LogP contribution >= 0.6 is 11.8 Å². The van der Waals surface area contributed by atoms with Gasteiger partial charge in [0.1, 0.15) is 5.75 Å². The maximum Gasteiger partial charge on any atom is 0.270 e. The number of nitro benzene ring substituents is 1. The van der Waals surface area contributed by atoms with Gasteiger partial charge >= 0.3 is 0 Å². The summed E-state index contributed by atoms with van der Waals surface area (Å²) < 4.78 is 6.95. The first-order valence-electron chi connectivity index (χ1n) is 10.8. The van der Waals surface area contributed by atoms with Gasteiger partial charge in [-0.15, -0.1) is 0 Å². The quantitative estimate of drug-likeness (QED) is 0.392. The molecular formula is C25H30N2O3S. The SMILES string of the molecule is CC(C)SCc1cc([N+](=O)[O-])cc2c1OC1(C=C2)N(C(C)C)c2ccccc2C1(C)C. The topological polar surface area (TPSA) is 55.6 Å². The molecule has 5 nitrogen and oxygen atoms in total. The molecular weight excluding hydrogens is 408 g/mol. The second kappa shape index (κ2) is 7.59.